The average molecular weight is 364 g/mol. The van der Waals surface area contributed by atoms with Crippen LogP contribution in [0, 0.1) is 13.8 Å². The third kappa shape index (κ3) is 4.98. The van der Waals surface area contributed by atoms with Crippen molar-refractivity contribution < 1.29 is 4.74 Å². The van der Waals surface area contributed by atoms with Crippen LogP contribution in [-0.4, -0.2) is 15.9 Å². The van der Waals surface area contributed by atoms with Gasteiger partial charge in [-0.05, 0) is 39.3 Å². The quantitative estimate of drug-likeness (QED) is 0.634. The molecule has 1 heterocycles. The number of aromatic nitrogens is 2. The fourth-order valence-electron chi connectivity index (χ4n) is 3.24. The summed E-state index contributed by atoms with van der Waals surface area (Å²) in [5.74, 6) is 0.952. The Kier molecular flexibility index (Phi) is 6.30. The Hall–Kier alpha value is -2.59. The van der Waals surface area contributed by atoms with Crippen LogP contribution < -0.4 is 10.1 Å². The highest BCUT2D eigenvalue weighted by Gasteiger charge is 2.12. The Morgan fingerprint density at radius 1 is 0.963 bits per heavy atom. The topological polar surface area (TPSA) is 39.1 Å². The number of ether oxygens (including phenoxy) is 1. The van der Waals surface area contributed by atoms with E-state index in [-0.39, 0.29) is 6.10 Å². The van der Waals surface area contributed by atoms with Crippen molar-refractivity contribution in [3.05, 3.63) is 82.7 Å². The molecule has 4 nitrogen and oxygen atoms in total. The fraction of sp³-hybridized carbons (Fsp3) is 0.348. The van der Waals surface area contributed by atoms with E-state index in [2.05, 4.69) is 74.1 Å². The molecule has 0 bridgehead atoms. The zero-order valence-electron chi connectivity index (χ0n) is 16.7. The lowest BCUT2D eigenvalue weighted by atomic mass is 10.1. The highest BCUT2D eigenvalue weighted by atomic mass is 16.5. The second-order valence-corrected chi connectivity index (χ2v) is 7.17. The van der Waals surface area contributed by atoms with Crippen LogP contribution in [0.2, 0.25) is 0 Å². The minimum Gasteiger partial charge on any atom is -0.491 e. The molecule has 4 heteroatoms. The highest BCUT2D eigenvalue weighted by molar-refractivity contribution is 5.33. The van der Waals surface area contributed by atoms with Crippen LogP contribution in [0.4, 0.5) is 0 Å². The maximum Gasteiger partial charge on any atom is 0.124 e. The van der Waals surface area contributed by atoms with Gasteiger partial charge >= 0.3 is 0 Å². The predicted molar refractivity (Wildman–Crippen MR) is 110 cm³/mol. The summed E-state index contributed by atoms with van der Waals surface area (Å²) < 4.78 is 8.00. The number of para-hydroxylation sites is 1. The first-order valence-electron chi connectivity index (χ1n) is 9.56. The van der Waals surface area contributed by atoms with Crippen LogP contribution in [0.3, 0.4) is 0 Å². The molecule has 1 aromatic heterocycles. The monoisotopic (exact) mass is 363 g/mol. The molecule has 0 spiro atoms. The van der Waals surface area contributed by atoms with Gasteiger partial charge in [0.05, 0.1) is 18.3 Å². The van der Waals surface area contributed by atoms with Gasteiger partial charge in [-0.1, -0.05) is 48.5 Å². The van der Waals surface area contributed by atoms with Crippen molar-refractivity contribution >= 4 is 0 Å². The van der Waals surface area contributed by atoms with Crippen LogP contribution >= 0.6 is 0 Å². The Labute approximate surface area is 162 Å². The first-order chi connectivity index (χ1) is 13.0. The summed E-state index contributed by atoms with van der Waals surface area (Å²) in [7, 11) is 0. The second kappa shape index (κ2) is 8.87. The van der Waals surface area contributed by atoms with E-state index in [9.17, 15) is 0 Å². The number of nitrogens with one attached hydrogen (secondary N) is 1. The molecule has 1 N–H and O–H groups in total. The molecule has 0 aliphatic rings. The third-order valence-corrected chi connectivity index (χ3v) is 4.66. The number of hydrogen-bond donors (Lipinski definition) is 1. The van der Waals surface area contributed by atoms with E-state index >= 15 is 0 Å². The van der Waals surface area contributed by atoms with Gasteiger partial charge in [0.2, 0.25) is 0 Å². The van der Waals surface area contributed by atoms with E-state index in [1.165, 1.54) is 22.4 Å². The smallest absolute Gasteiger partial charge is 0.124 e. The summed E-state index contributed by atoms with van der Waals surface area (Å²) in [5, 5.41) is 8.30. The number of benzene rings is 2. The molecular formula is C23H29N3O. The maximum atomic E-state index is 5.91. The summed E-state index contributed by atoms with van der Waals surface area (Å²) in [6.45, 7) is 10.7. The Bertz CT molecular complexity index is 869. The average Bonchev–Trinajstić information content (AvgIpc) is 2.91. The van der Waals surface area contributed by atoms with Gasteiger partial charge in [0, 0.05) is 29.9 Å². The molecule has 0 aliphatic carbocycles. The van der Waals surface area contributed by atoms with Gasteiger partial charge in [0.25, 0.3) is 0 Å². The molecular weight excluding hydrogens is 334 g/mol. The SMILES string of the molecule is Cc1nn(Cc2ccccc2)c(C)c1CNCc1ccccc1OC(C)C. The van der Waals surface area contributed by atoms with Gasteiger partial charge in [-0.25, -0.2) is 0 Å². The van der Waals surface area contributed by atoms with E-state index in [0.717, 1.165) is 31.1 Å². The van der Waals surface area contributed by atoms with Crippen molar-refractivity contribution in [2.24, 2.45) is 0 Å². The van der Waals surface area contributed by atoms with Crippen molar-refractivity contribution in [3.8, 4) is 5.75 Å². The first-order valence-corrected chi connectivity index (χ1v) is 9.56. The predicted octanol–water partition coefficient (Wildman–Crippen LogP) is 4.63. The molecule has 3 aromatic rings. The minimum absolute atomic E-state index is 0.173. The molecule has 0 amide bonds. The largest absolute Gasteiger partial charge is 0.491 e. The first kappa shape index (κ1) is 19.2. The molecule has 0 saturated heterocycles. The second-order valence-electron chi connectivity index (χ2n) is 7.17. The number of nitrogens with zero attached hydrogens (tertiary/aromatic N) is 2. The Balaban J connectivity index is 1.65. The van der Waals surface area contributed by atoms with Gasteiger partial charge in [0.1, 0.15) is 5.75 Å². The number of rotatable bonds is 8. The summed E-state index contributed by atoms with van der Waals surface area (Å²) in [5.41, 5.74) is 6.02. The van der Waals surface area contributed by atoms with Crippen molar-refractivity contribution in [1.29, 1.82) is 0 Å². The van der Waals surface area contributed by atoms with Gasteiger partial charge in [-0.2, -0.15) is 5.10 Å². The summed E-state index contributed by atoms with van der Waals surface area (Å²) in [6.07, 6.45) is 0.173. The molecule has 0 atom stereocenters. The molecule has 3 rings (SSSR count). The van der Waals surface area contributed by atoms with Crippen molar-refractivity contribution in [2.45, 2.75) is 53.4 Å². The number of aryl methyl sites for hydroxylation is 1. The van der Waals surface area contributed by atoms with Gasteiger partial charge in [-0.15, -0.1) is 0 Å². The maximum absolute atomic E-state index is 5.91. The minimum atomic E-state index is 0.173. The Morgan fingerprint density at radius 3 is 2.41 bits per heavy atom. The summed E-state index contributed by atoms with van der Waals surface area (Å²) >= 11 is 0. The van der Waals surface area contributed by atoms with Crippen LogP contribution in [0.1, 0.15) is 41.9 Å². The van der Waals surface area contributed by atoms with Gasteiger partial charge in [0.15, 0.2) is 0 Å². The van der Waals surface area contributed by atoms with E-state index in [0.29, 0.717) is 0 Å². The third-order valence-electron chi connectivity index (χ3n) is 4.66. The number of hydrogen-bond acceptors (Lipinski definition) is 3. The van der Waals surface area contributed by atoms with Crippen LogP contribution in [-0.2, 0) is 19.6 Å². The lowest BCUT2D eigenvalue weighted by molar-refractivity contribution is 0.239. The van der Waals surface area contributed by atoms with E-state index in [1.54, 1.807) is 0 Å². The van der Waals surface area contributed by atoms with Crippen LogP contribution in [0.5, 0.6) is 5.75 Å². The summed E-state index contributed by atoms with van der Waals surface area (Å²) in [4.78, 5) is 0. The summed E-state index contributed by atoms with van der Waals surface area (Å²) in [6, 6.07) is 18.7. The zero-order chi connectivity index (χ0) is 19.2. The Morgan fingerprint density at radius 2 is 1.67 bits per heavy atom. The fourth-order valence-corrected chi connectivity index (χ4v) is 3.24. The highest BCUT2D eigenvalue weighted by Crippen LogP contribution is 2.20. The van der Waals surface area contributed by atoms with E-state index in [1.807, 2.05) is 18.2 Å². The molecule has 0 saturated carbocycles. The van der Waals surface area contributed by atoms with Gasteiger partial charge in [-0.3, -0.25) is 4.68 Å². The van der Waals surface area contributed by atoms with Crippen molar-refractivity contribution in [3.63, 3.8) is 0 Å². The van der Waals surface area contributed by atoms with Gasteiger partial charge < -0.3 is 10.1 Å². The molecule has 0 fully saturated rings. The van der Waals surface area contributed by atoms with E-state index < -0.39 is 0 Å². The van der Waals surface area contributed by atoms with Crippen molar-refractivity contribution in [2.75, 3.05) is 0 Å². The zero-order valence-corrected chi connectivity index (χ0v) is 16.7. The molecule has 2 aromatic carbocycles. The van der Waals surface area contributed by atoms with Crippen LogP contribution in [0.25, 0.3) is 0 Å². The van der Waals surface area contributed by atoms with E-state index in [4.69, 9.17) is 9.84 Å². The standard InChI is InChI=1S/C23H29N3O/c1-17(2)27-23-13-9-8-12-21(23)14-24-15-22-18(3)25-26(19(22)4)16-20-10-6-5-7-11-20/h5-13,17,24H,14-16H2,1-4H3. The lowest BCUT2D eigenvalue weighted by Crippen LogP contribution is -2.16. The lowest BCUT2D eigenvalue weighted by Gasteiger charge is -2.14. The molecule has 0 aliphatic heterocycles. The molecule has 27 heavy (non-hydrogen) atoms. The van der Waals surface area contributed by atoms with Crippen molar-refractivity contribution in [1.82, 2.24) is 15.1 Å². The van der Waals surface area contributed by atoms with Crippen LogP contribution in [0.15, 0.2) is 54.6 Å². The normalized spacial score (nSPS) is 11.1. The molecule has 142 valence electrons. The molecule has 0 unspecified atom stereocenters. The molecule has 0 radical (unpaired) electrons.